The summed E-state index contributed by atoms with van der Waals surface area (Å²) < 4.78 is 4.50. The standard InChI is InChI=1S/C26H36N2O.C12H19N.C5H12.C4H5N.Mo/c1-16(2)20-12-13-21(17(3)4)27(20)24-10-9-11-25(26(24)29)28-22(18(5)6)14-15-23(28)19(7)8;1-8(2)10-6-5-7-11(9(3)4)12(10)13;1-5(2,3)4;1-2-4-5-3-1;/h9-19,29H,1-8H3;5-9H,13H2,1-4H3;1-4H3;1-5H;. The van der Waals surface area contributed by atoms with E-state index in [9.17, 15) is 5.11 Å². The molecule has 0 unspecified atom stereocenters. The number of hydrogen-bond acceptors (Lipinski definition) is 2. The number of hydrogen-bond donors (Lipinski definition) is 3. The Morgan fingerprint density at radius 2 is 0.774 bits per heavy atom. The minimum Gasteiger partial charge on any atom is -0.504 e. The van der Waals surface area contributed by atoms with Gasteiger partial charge in [0.1, 0.15) is 0 Å². The molecule has 0 saturated heterocycles. The normalized spacial score (nSPS) is 11.3. The average Bonchev–Trinajstić information content (AvgIpc) is 3.82. The number of aromatic amines is 1. The maximum atomic E-state index is 11.5. The fourth-order valence-corrected chi connectivity index (χ4v) is 6.06. The molecule has 2 aromatic carbocycles. The molecule has 0 radical (unpaired) electrons. The Labute approximate surface area is 338 Å². The molecular weight excluding hydrogens is 732 g/mol. The number of benzene rings is 2. The zero-order chi connectivity index (χ0) is 39.5. The van der Waals surface area contributed by atoms with Crippen LogP contribution in [0.25, 0.3) is 11.4 Å². The fraction of sp³-hybridized carbons (Fsp3) is 0.489. The van der Waals surface area contributed by atoms with Crippen LogP contribution >= 0.6 is 0 Å². The summed E-state index contributed by atoms with van der Waals surface area (Å²) in [6.45, 7) is 35.1. The molecule has 0 bridgehead atoms. The molecule has 0 atom stereocenters. The summed E-state index contributed by atoms with van der Waals surface area (Å²) in [6, 6.07) is 25.1. The van der Waals surface area contributed by atoms with Crippen molar-refractivity contribution in [1.29, 1.82) is 0 Å². The second kappa shape index (κ2) is 21.5. The molecule has 0 fully saturated rings. The van der Waals surface area contributed by atoms with Crippen LogP contribution in [0.4, 0.5) is 5.69 Å². The number of phenols is 1. The number of anilines is 1. The maximum Gasteiger partial charge on any atom is 0.163 e. The third-order valence-corrected chi connectivity index (χ3v) is 8.64. The smallest absolute Gasteiger partial charge is 0.163 e. The first-order valence-electron chi connectivity index (χ1n) is 19.4. The molecule has 4 N–H and O–H groups in total. The molecule has 0 spiro atoms. The SMILES string of the molecule is CC(C)(C)C.CC(C)c1ccc(C(C)C)n1-c1cccc(-n2c(C(C)C)ccc2C(C)C)c1O.CC(C)c1cccc(C(C)C)c1N.[Mo].c1cc[nH]c1. The van der Waals surface area contributed by atoms with Crippen molar-refractivity contribution in [2.24, 2.45) is 5.41 Å². The van der Waals surface area contributed by atoms with E-state index in [4.69, 9.17) is 5.73 Å². The van der Waals surface area contributed by atoms with Crippen LogP contribution in [0.3, 0.4) is 0 Å². The van der Waals surface area contributed by atoms with Crippen LogP contribution < -0.4 is 5.73 Å². The third kappa shape index (κ3) is 13.7. The van der Waals surface area contributed by atoms with Gasteiger partial charge in [0.2, 0.25) is 0 Å². The Balaban J connectivity index is 0.000000478. The Bertz CT molecular complexity index is 1590. The number of aromatic nitrogens is 3. The maximum absolute atomic E-state index is 11.5. The summed E-state index contributed by atoms with van der Waals surface area (Å²) in [4.78, 5) is 2.86. The number of nitrogens with zero attached hydrogens (tertiary/aromatic N) is 2. The number of rotatable bonds is 8. The Morgan fingerprint density at radius 3 is 1.00 bits per heavy atom. The molecule has 0 aliphatic rings. The minimum atomic E-state index is 0. The number of phenolic OH excluding ortho intramolecular Hbond substituents is 1. The number of H-pyrrole nitrogens is 1. The van der Waals surface area contributed by atoms with Gasteiger partial charge in [-0.1, -0.05) is 135 Å². The predicted octanol–water partition coefficient (Wildman–Crippen LogP) is 14.0. The van der Waals surface area contributed by atoms with E-state index in [2.05, 4.69) is 173 Å². The van der Waals surface area contributed by atoms with Gasteiger partial charge in [0.05, 0.1) is 11.4 Å². The quantitative estimate of drug-likeness (QED) is 0.108. The van der Waals surface area contributed by atoms with Crippen LogP contribution in [0.5, 0.6) is 5.75 Å². The van der Waals surface area contributed by atoms with E-state index in [0.29, 0.717) is 46.7 Å². The van der Waals surface area contributed by atoms with Crippen LogP contribution in [0.2, 0.25) is 0 Å². The van der Waals surface area contributed by atoms with Gasteiger partial charge >= 0.3 is 0 Å². The molecule has 5 rings (SSSR count). The van der Waals surface area contributed by atoms with Crippen molar-refractivity contribution < 1.29 is 26.2 Å². The molecule has 0 aliphatic heterocycles. The summed E-state index contributed by atoms with van der Waals surface area (Å²) in [5.41, 5.74) is 16.7. The van der Waals surface area contributed by atoms with E-state index in [1.807, 2.05) is 36.7 Å². The van der Waals surface area contributed by atoms with E-state index in [1.54, 1.807) is 0 Å². The Kier molecular flexibility index (Phi) is 19.3. The molecule has 5 nitrogen and oxygen atoms in total. The van der Waals surface area contributed by atoms with Gasteiger partial charge in [-0.15, -0.1) is 0 Å². The predicted molar refractivity (Wildman–Crippen MR) is 228 cm³/mol. The van der Waals surface area contributed by atoms with Crippen LogP contribution in [0.15, 0.2) is 85.2 Å². The van der Waals surface area contributed by atoms with Crippen molar-refractivity contribution in [1.82, 2.24) is 14.1 Å². The van der Waals surface area contributed by atoms with Gasteiger partial charge in [-0.3, -0.25) is 0 Å². The van der Waals surface area contributed by atoms with E-state index in [0.717, 1.165) is 17.1 Å². The van der Waals surface area contributed by atoms with Crippen LogP contribution in [-0.4, -0.2) is 19.2 Å². The van der Waals surface area contributed by atoms with Crippen molar-refractivity contribution in [3.63, 3.8) is 0 Å². The molecule has 6 heteroatoms. The van der Waals surface area contributed by atoms with Gasteiger partial charge in [-0.25, -0.2) is 0 Å². The zero-order valence-corrected chi connectivity index (χ0v) is 37.9. The second-order valence-electron chi connectivity index (χ2n) is 17.3. The Morgan fingerprint density at radius 1 is 0.491 bits per heavy atom. The van der Waals surface area contributed by atoms with Crippen LogP contribution in [0.1, 0.15) is 180 Å². The summed E-state index contributed by atoms with van der Waals surface area (Å²) in [7, 11) is 0. The fourth-order valence-electron chi connectivity index (χ4n) is 6.06. The summed E-state index contributed by atoms with van der Waals surface area (Å²) in [5, 5.41) is 11.5. The molecule has 0 saturated carbocycles. The molecule has 3 aromatic heterocycles. The first-order valence-corrected chi connectivity index (χ1v) is 19.4. The number of nitrogen functional groups attached to an aromatic ring is 1. The van der Waals surface area contributed by atoms with Gasteiger partial charge in [0, 0.05) is 61.9 Å². The largest absolute Gasteiger partial charge is 0.504 e. The number of nitrogens with one attached hydrogen (secondary N) is 1. The number of nitrogens with two attached hydrogens (primary N) is 1. The molecule has 0 amide bonds. The van der Waals surface area contributed by atoms with E-state index in [-0.39, 0.29) is 21.1 Å². The molecule has 0 aliphatic carbocycles. The van der Waals surface area contributed by atoms with Gasteiger partial charge in [-0.05, 0) is 101 Å². The summed E-state index contributed by atoms with van der Waals surface area (Å²) in [5.74, 6) is 2.85. The first-order chi connectivity index (χ1) is 24.2. The van der Waals surface area contributed by atoms with Gasteiger partial charge < -0.3 is 25.0 Å². The van der Waals surface area contributed by atoms with E-state index in [1.165, 1.54) is 33.9 Å². The topological polar surface area (TPSA) is 71.9 Å². The van der Waals surface area contributed by atoms with E-state index >= 15 is 0 Å². The third-order valence-electron chi connectivity index (χ3n) is 8.64. The van der Waals surface area contributed by atoms with Crippen molar-refractivity contribution in [2.45, 2.75) is 146 Å². The van der Waals surface area contributed by atoms with Crippen molar-refractivity contribution in [3.8, 4) is 17.1 Å². The molecule has 292 valence electrons. The molecule has 3 heterocycles. The van der Waals surface area contributed by atoms with Crippen molar-refractivity contribution in [2.75, 3.05) is 5.73 Å². The number of para-hydroxylation sites is 2. The summed E-state index contributed by atoms with van der Waals surface area (Å²) in [6.07, 6.45) is 3.75. The average molecular weight is 805 g/mol. The van der Waals surface area contributed by atoms with Crippen LogP contribution in [-0.2, 0) is 21.1 Å². The van der Waals surface area contributed by atoms with Crippen LogP contribution in [0, 0.1) is 5.41 Å². The molecule has 53 heavy (non-hydrogen) atoms. The van der Waals surface area contributed by atoms with E-state index < -0.39 is 0 Å². The minimum absolute atomic E-state index is 0. The Hall–Kier alpha value is -3.43. The van der Waals surface area contributed by atoms with Gasteiger partial charge in [0.25, 0.3) is 0 Å². The molecular formula is C47H72MoN4O. The second-order valence-corrected chi connectivity index (χ2v) is 17.3. The van der Waals surface area contributed by atoms with Gasteiger partial charge in [0.15, 0.2) is 5.75 Å². The summed E-state index contributed by atoms with van der Waals surface area (Å²) >= 11 is 0. The molecule has 5 aromatic rings. The van der Waals surface area contributed by atoms with Gasteiger partial charge in [-0.2, -0.15) is 0 Å². The first kappa shape index (κ1) is 47.6. The monoisotopic (exact) mass is 806 g/mol. The van der Waals surface area contributed by atoms with Crippen molar-refractivity contribution >= 4 is 5.69 Å². The number of aromatic hydroxyl groups is 1. The van der Waals surface area contributed by atoms with Crippen molar-refractivity contribution in [3.05, 3.63) is 119 Å². The zero-order valence-electron chi connectivity index (χ0n) is 35.9.